The predicted molar refractivity (Wildman–Crippen MR) is 172 cm³/mol. The van der Waals surface area contributed by atoms with E-state index in [2.05, 4.69) is 11.5 Å². The van der Waals surface area contributed by atoms with Crippen LogP contribution in [0.1, 0.15) is 69.2 Å². The number of nitrogens with zero attached hydrogens (tertiary/aromatic N) is 2. The number of hydrogen-bond acceptors (Lipinski definition) is 7. The number of esters is 2. The Morgan fingerprint density at radius 3 is 2.46 bits per heavy atom. The lowest BCUT2D eigenvalue weighted by atomic mass is 9.48. The van der Waals surface area contributed by atoms with Crippen LogP contribution in [-0.2, 0) is 37.1 Å². The van der Waals surface area contributed by atoms with E-state index in [1.54, 1.807) is 11.0 Å². The number of benzene rings is 2. The van der Waals surface area contributed by atoms with Gasteiger partial charge in [0.1, 0.15) is 11.7 Å². The molecule has 0 aromatic heterocycles. The Morgan fingerprint density at radius 2 is 1.83 bits per heavy atom. The lowest BCUT2D eigenvalue weighted by molar-refractivity contribution is -0.223. The van der Waals surface area contributed by atoms with Gasteiger partial charge in [0.2, 0.25) is 5.91 Å². The van der Waals surface area contributed by atoms with Crippen molar-refractivity contribution in [3.63, 3.8) is 0 Å². The summed E-state index contributed by atoms with van der Waals surface area (Å²) in [6.45, 7) is 12.4. The van der Waals surface area contributed by atoms with Crippen molar-refractivity contribution in [2.24, 2.45) is 5.92 Å². The molecule has 2 aromatic carbocycles. The van der Waals surface area contributed by atoms with Crippen LogP contribution >= 0.6 is 0 Å². The van der Waals surface area contributed by atoms with E-state index in [9.17, 15) is 27.6 Å². The summed E-state index contributed by atoms with van der Waals surface area (Å²) in [6, 6.07) is 7.73. The van der Waals surface area contributed by atoms with Crippen molar-refractivity contribution in [3.05, 3.63) is 77.4 Å². The summed E-state index contributed by atoms with van der Waals surface area (Å²) in [7, 11) is 0. The standard InChI is InChI=1S/C37H41F3N2O6/c1-6-18-41-19-17-35-32-26-10-13-29(46-23(4)43)33(32)47-34(35)28(15-16-36(35,30(41)20-26)48-24(5)44)42(21-22(2)3)31(45)14-9-25-7-11-27(12-8-25)37(38,39)40/h6-14,22,28,30,34H,1,15-21H2,2-5H3/t28-,30-,34+,35+,36-/m1/s1. The molecule has 2 bridgehead atoms. The topological polar surface area (TPSA) is 85.4 Å². The van der Waals surface area contributed by atoms with Crippen LogP contribution < -0.4 is 9.47 Å². The number of rotatable bonds is 9. The van der Waals surface area contributed by atoms with Crippen LogP contribution in [0.25, 0.3) is 6.08 Å². The first-order chi connectivity index (χ1) is 22.7. The van der Waals surface area contributed by atoms with Gasteiger partial charge in [0, 0.05) is 45.1 Å². The zero-order chi connectivity index (χ0) is 34.6. The minimum Gasteiger partial charge on any atom is -0.483 e. The van der Waals surface area contributed by atoms with Crippen molar-refractivity contribution >= 4 is 23.9 Å². The predicted octanol–water partition coefficient (Wildman–Crippen LogP) is 6.11. The van der Waals surface area contributed by atoms with Crippen molar-refractivity contribution in [2.45, 2.75) is 88.8 Å². The third-order valence-electron chi connectivity index (χ3n) is 10.3. The van der Waals surface area contributed by atoms with Crippen molar-refractivity contribution in [3.8, 4) is 11.5 Å². The maximum Gasteiger partial charge on any atom is 0.416 e. The summed E-state index contributed by atoms with van der Waals surface area (Å²) in [6.07, 6.45) is 1.78. The van der Waals surface area contributed by atoms with Crippen molar-refractivity contribution in [1.82, 2.24) is 9.80 Å². The molecule has 1 spiro atoms. The monoisotopic (exact) mass is 666 g/mol. The molecule has 4 aliphatic rings. The van der Waals surface area contributed by atoms with Gasteiger partial charge in [-0.2, -0.15) is 13.2 Å². The summed E-state index contributed by atoms with van der Waals surface area (Å²) in [5, 5.41) is 0. The largest absolute Gasteiger partial charge is 0.483 e. The molecule has 256 valence electrons. The van der Waals surface area contributed by atoms with E-state index in [4.69, 9.17) is 14.2 Å². The van der Waals surface area contributed by atoms with Crippen molar-refractivity contribution in [1.29, 1.82) is 0 Å². The molecule has 2 aliphatic heterocycles. The van der Waals surface area contributed by atoms with Gasteiger partial charge in [0.15, 0.2) is 11.5 Å². The van der Waals surface area contributed by atoms with E-state index in [-0.39, 0.29) is 23.6 Å². The molecule has 2 fully saturated rings. The Kier molecular flexibility index (Phi) is 8.72. The number of halogens is 3. The summed E-state index contributed by atoms with van der Waals surface area (Å²) in [5.41, 5.74) is -0.215. The second kappa shape index (κ2) is 12.4. The Bertz CT molecular complexity index is 1650. The van der Waals surface area contributed by atoms with E-state index in [1.165, 1.54) is 38.1 Å². The maximum atomic E-state index is 14.1. The normalized spacial score (nSPS) is 27.3. The zero-order valence-electron chi connectivity index (χ0n) is 27.6. The van der Waals surface area contributed by atoms with Gasteiger partial charge in [-0.3, -0.25) is 19.3 Å². The van der Waals surface area contributed by atoms with Crippen LogP contribution in [0.2, 0.25) is 0 Å². The highest BCUT2D eigenvalue weighted by molar-refractivity contribution is 5.92. The fourth-order valence-electron chi connectivity index (χ4n) is 8.80. The molecular weight excluding hydrogens is 625 g/mol. The fraction of sp³-hybridized carbons (Fsp3) is 0.486. The average molecular weight is 667 g/mol. The van der Waals surface area contributed by atoms with Gasteiger partial charge < -0.3 is 19.1 Å². The third kappa shape index (κ3) is 5.49. The molecule has 0 radical (unpaired) electrons. The molecule has 0 unspecified atom stereocenters. The molecular formula is C37H41F3N2O6. The number of carbonyl (C=O) groups is 3. The molecule has 11 heteroatoms. The van der Waals surface area contributed by atoms with Gasteiger partial charge in [-0.1, -0.05) is 38.1 Å². The smallest absolute Gasteiger partial charge is 0.416 e. The average Bonchev–Trinajstić information content (AvgIpc) is 3.36. The number of alkyl halides is 3. The van der Waals surface area contributed by atoms with E-state index in [0.717, 1.165) is 23.3 Å². The van der Waals surface area contributed by atoms with E-state index < -0.39 is 46.8 Å². The lowest BCUT2D eigenvalue weighted by Crippen LogP contribution is -2.79. The van der Waals surface area contributed by atoms with Gasteiger partial charge in [0.25, 0.3) is 0 Å². The fourth-order valence-corrected chi connectivity index (χ4v) is 8.80. The van der Waals surface area contributed by atoms with Crippen LogP contribution in [0.15, 0.2) is 55.1 Å². The van der Waals surface area contributed by atoms with Gasteiger partial charge in [-0.15, -0.1) is 6.58 Å². The summed E-state index contributed by atoms with van der Waals surface area (Å²) >= 11 is 0. The minimum atomic E-state index is -4.46. The number of amides is 1. The molecule has 5 atom stereocenters. The van der Waals surface area contributed by atoms with Crippen LogP contribution in [0.3, 0.4) is 0 Å². The Morgan fingerprint density at radius 1 is 1.10 bits per heavy atom. The Hall–Kier alpha value is -4.12. The molecule has 2 aromatic rings. The van der Waals surface area contributed by atoms with Crippen LogP contribution in [0, 0.1) is 5.92 Å². The molecule has 0 N–H and O–H groups in total. The molecule has 6 rings (SSSR count). The zero-order valence-corrected chi connectivity index (χ0v) is 27.6. The first-order valence-electron chi connectivity index (χ1n) is 16.4. The van der Waals surface area contributed by atoms with E-state index in [1.807, 2.05) is 26.0 Å². The van der Waals surface area contributed by atoms with Crippen molar-refractivity contribution < 1.29 is 41.8 Å². The quantitative estimate of drug-likeness (QED) is 0.138. The van der Waals surface area contributed by atoms with Crippen LogP contribution in [-0.4, -0.2) is 71.1 Å². The van der Waals surface area contributed by atoms with E-state index >= 15 is 0 Å². The van der Waals surface area contributed by atoms with Gasteiger partial charge in [-0.05, 0) is 67.0 Å². The molecule has 2 aliphatic carbocycles. The summed E-state index contributed by atoms with van der Waals surface area (Å²) in [4.78, 5) is 43.4. The number of piperidine rings is 1. The lowest BCUT2D eigenvalue weighted by Gasteiger charge is -2.65. The number of likely N-dealkylation sites (tertiary alicyclic amines) is 1. The molecule has 2 heterocycles. The number of ether oxygens (including phenoxy) is 3. The first kappa shape index (κ1) is 33.8. The SMILES string of the molecule is C=CCN1CC[C@]23c4c5ccc(OC(C)=O)c4O[C@H]2[C@H](N(CC(C)C)C(=O)C=Cc2ccc(C(F)(F)F)cc2)CC[C@@]3(OC(C)=O)[C@H]1C5. The second-order valence-electron chi connectivity index (χ2n) is 13.7. The summed E-state index contributed by atoms with van der Waals surface area (Å²) in [5.74, 6) is -0.387. The highest BCUT2D eigenvalue weighted by atomic mass is 19.4. The summed E-state index contributed by atoms with van der Waals surface area (Å²) < 4.78 is 58.4. The van der Waals surface area contributed by atoms with Gasteiger partial charge in [-0.25, -0.2) is 0 Å². The number of carbonyl (C=O) groups excluding carboxylic acids is 3. The second-order valence-corrected chi connectivity index (χ2v) is 13.7. The first-order valence-corrected chi connectivity index (χ1v) is 16.4. The Balaban J connectivity index is 1.45. The van der Waals surface area contributed by atoms with Crippen LogP contribution in [0.4, 0.5) is 13.2 Å². The molecule has 1 saturated carbocycles. The molecule has 1 amide bonds. The molecule has 8 nitrogen and oxygen atoms in total. The highest BCUT2D eigenvalue weighted by Gasteiger charge is 2.75. The minimum absolute atomic E-state index is 0.0792. The maximum absolute atomic E-state index is 14.1. The highest BCUT2D eigenvalue weighted by Crippen LogP contribution is 2.67. The third-order valence-corrected chi connectivity index (χ3v) is 10.3. The van der Waals surface area contributed by atoms with Gasteiger partial charge in [0.05, 0.1) is 23.1 Å². The van der Waals surface area contributed by atoms with Gasteiger partial charge >= 0.3 is 18.1 Å². The van der Waals surface area contributed by atoms with Crippen molar-refractivity contribution in [2.75, 3.05) is 19.6 Å². The molecule has 1 saturated heterocycles. The molecule has 48 heavy (non-hydrogen) atoms. The number of hydrogen-bond donors (Lipinski definition) is 0. The Labute approximate surface area is 278 Å². The van der Waals surface area contributed by atoms with Crippen LogP contribution in [0.5, 0.6) is 11.5 Å². The van der Waals surface area contributed by atoms with E-state index in [0.29, 0.717) is 56.6 Å².